The van der Waals surface area contributed by atoms with Gasteiger partial charge in [-0.15, -0.1) is 0 Å². The van der Waals surface area contributed by atoms with Gasteiger partial charge < -0.3 is 10.5 Å². The number of ether oxygens (including phenoxy) is 1. The topological polar surface area (TPSA) is 35.2 Å². The Balaban J connectivity index is 1.98. The quantitative estimate of drug-likeness (QED) is 0.675. The maximum absolute atomic E-state index is 5.96. The molecule has 2 aliphatic rings. The van der Waals surface area contributed by atoms with Gasteiger partial charge in [0.15, 0.2) is 0 Å². The number of rotatable bonds is 1. The fourth-order valence-electron chi connectivity index (χ4n) is 2.88. The van der Waals surface area contributed by atoms with Crippen molar-refractivity contribution in [3.63, 3.8) is 0 Å². The minimum atomic E-state index is 0.247. The largest absolute Gasteiger partial charge is 0.375 e. The van der Waals surface area contributed by atoms with Crippen molar-refractivity contribution in [1.29, 1.82) is 0 Å². The average Bonchev–Trinajstić information content (AvgIpc) is 2.53. The molecule has 0 bridgehead atoms. The standard InChI is InChI=1S/C11H21NO/c1-9(12)10-4-7-13-11(8-10)5-2-3-6-11/h9-10H,2-8,12H2,1H3. The highest BCUT2D eigenvalue weighted by molar-refractivity contribution is 4.92. The maximum Gasteiger partial charge on any atom is 0.0685 e. The van der Waals surface area contributed by atoms with Crippen molar-refractivity contribution in [2.24, 2.45) is 11.7 Å². The van der Waals surface area contributed by atoms with Crippen molar-refractivity contribution in [2.45, 2.75) is 57.1 Å². The first-order valence-electron chi connectivity index (χ1n) is 5.61. The third kappa shape index (κ3) is 1.89. The molecule has 0 amide bonds. The Morgan fingerprint density at radius 1 is 1.38 bits per heavy atom. The highest BCUT2D eigenvalue weighted by atomic mass is 16.5. The SMILES string of the molecule is CC(N)C1CCOC2(CCCC2)C1. The van der Waals surface area contributed by atoms with Crippen LogP contribution in [0.2, 0.25) is 0 Å². The van der Waals surface area contributed by atoms with E-state index in [1.807, 2.05) is 0 Å². The van der Waals surface area contributed by atoms with Gasteiger partial charge in [-0.05, 0) is 38.5 Å². The molecule has 13 heavy (non-hydrogen) atoms. The summed E-state index contributed by atoms with van der Waals surface area (Å²) in [5.74, 6) is 0.701. The molecule has 2 atom stereocenters. The lowest BCUT2D eigenvalue weighted by atomic mass is 9.81. The summed E-state index contributed by atoms with van der Waals surface area (Å²) in [6.07, 6.45) is 7.63. The van der Waals surface area contributed by atoms with Crippen LogP contribution < -0.4 is 5.73 Å². The van der Waals surface area contributed by atoms with E-state index in [4.69, 9.17) is 10.5 Å². The van der Waals surface area contributed by atoms with Crippen LogP contribution >= 0.6 is 0 Å². The van der Waals surface area contributed by atoms with Gasteiger partial charge >= 0.3 is 0 Å². The predicted octanol–water partition coefficient (Wildman–Crippen LogP) is 2.07. The summed E-state index contributed by atoms with van der Waals surface area (Å²) in [6.45, 7) is 3.07. The molecule has 0 aromatic carbocycles. The molecule has 1 saturated heterocycles. The zero-order valence-electron chi connectivity index (χ0n) is 8.59. The van der Waals surface area contributed by atoms with Crippen LogP contribution in [-0.4, -0.2) is 18.2 Å². The third-order valence-corrected chi connectivity index (χ3v) is 3.79. The third-order valence-electron chi connectivity index (χ3n) is 3.79. The molecule has 2 nitrogen and oxygen atoms in total. The molecular weight excluding hydrogens is 162 g/mol. The summed E-state index contributed by atoms with van der Waals surface area (Å²) in [5.41, 5.74) is 6.21. The lowest BCUT2D eigenvalue weighted by molar-refractivity contribution is -0.0953. The second-order valence-electron chi connectivity index (χ2n) is 4.85. The van der Waals surface area contributed by atoms with Gasteiger partial charge in [-0.3, -0.25) is 0 Å². The molecule has 1 aliphatic heterocycles. The van der Waals surface area contributed by atoms with E-state index in [2.05, 4.69) is 6.92 Å². The summed E-state index contributed by atoms with van der Waals surface area (Å²) in [7, 11) is 0. The van der Waals surface area contributed by atoms with Gasteiger partial charge in [0, 0.05) is 12.6 Å². The molecule has 76 valence electrons. The van der Waals surface area contributed by atoms with Gasteiger partial charge in [0.25, 0.3) is 0 Å². The number of hydrogen-bond donors (Lipinski definition) is 1. The van der Waals surface area contributed by atoms with Crippen molar-refractivity contribution in [3.05, 3.63) is 0 Å². The van der Waals surface area contributed by atoms with Crippen LogP contribution in [0.3, 0.4) is 0 Å². The molecule has 0 radical (unpaired) electrons. The van der Waals surface area contributed by atoms with Crippen LogP contribution in [0.4, 0.5) is 0 Å². The molecule has 2 N–H and O–H groups in total. The Labute approximate surface area is 80.8 Å². The molecule has 2 fully saturated rings. The molecule has 2 rings (SSSR count). The van der Waals surface area contributed by atoms with Crippen LogP contribution in [0.25, 0.3) is 0 Å². The van der Waals surface area contributed by atoms with Gasteiger partial charge in [-0.25, -0.2) is 0 Å². The van der Waals surface area contributed by atoms with Crippen LogP contribution in [0.5, 0.6) is 0 Å². The summed E-state index contributed by atoms with van der Waals surface area (Å²) < 4.78 is 5.95. The monoisotopic (exact) mass is 183 g/mol. The van der Waals surface area contributed by atoms with Crippen molar-refractivity contribution in [3.8, 4) is 0 Å². The molecule has 1 heterocycles. The summed E-state index contributed by atoms with van der Waals surface area (Å²) >= 11 is 0. The molecule has 0 aromatic rings. The van der Waals surface area contributed by atoms with E-state index in [1.54, 1.807) is 0 Å². The van der Waals surface area contributed by atoms with Gasteiger partial charge in [-0.2, -0.15) is 0 Å². The van der Waals surface area contributed by atoms with E-state index in [-0.39, 0.29) is 5.60 Å². The zero-order valence-corrected chi connectivity index (χ0v) is 8.59. The molecule has 1 saturated carbocycles. The van der Waals surface area contributed by atoms with Gasteiger partial charge in [-0.1, -0.05) is 12.8 Å². The molecular formula is C11H21NO. The zero-order chi connectivity index (χ0) is 9.31. The van der Waals surface area contributed by atoms with Gasteiger partial charge in [0.1, 0.15) is 0 Å². The predicted molar refractivity (Wildman–Crippen MR) is 53.5 cm³/mol. The highest BCUT2D eigenvalue weighted by Crippen LogP contribution is 2.42. The second kappa shape index (κ2) is 3.58. The van der Waals surface area contributed by atoms with E-state index in [9.17, 15) is 0 Å². The Morgan fingerprint density at radius 2 is 2.08 bits per heavy atom. The van der Waals surface area contributed by atoms with Gasteiger partial charge in [0.2, 0.25) is 0 Å². The molecule has 2 heteroatoms. The average molecular weight is 183 g/mol. The van der Waals surface area contributed by atoms with Crippen LogP contribution in [-0.2, 0) is 4.74 Å². The van der Waals surface area contributed by atoms with Crippen molar-refractivity contribution in [1.82, 2.24) is 0 Å². The Hall–Kier alpha value is -0.0800. The normalized spacial score (nSPS) is 35.1. The molecule has 2 unspecified atom stereocenters. The highest BCUT2D eigenvalue weighted by Gasteiger charge is 2.40. The van der Waals surface area contributed by atoms with E-state index < -0.39 is 0 Å². The summed E-state index contributed by atoms with van der Waals surface area (Å²) in [4.78, 5) is 0. The van der Waals surface area contributed by atoms with E-state index in [0.717, 1.165) is 6.61 Å². The van der Waals surface area contributed by atoms with Gasteiger partial charge in [0.05, 0.1) is 5.60 Å². The Morgan fingerprint density at radius 3 is 2.69 bits per heavy atom. The van der Waals surface area contributed by atoms with E-state index in [1.165, 1.54) is 38.5 Å². The lowest BCUT2D eigenvalue weighted by Crippen LogP contribution is -2.42. The smallest absolute Gasteiger partial charge is 0.0685 e. The molecule has 1 spiro atoms. The van der Waals surface area contributed by atoms with Crippen LogP contribution in [0.15, 0.2) is 0 Å². The van der Waals surface area contributed by atoms with E-state index in [0.29, 0.717) is 12.0 Å². The van der Waals surface area contributed by atoms with Crippen LogP contribution in [0, 0.1) is 5.92 Å². The first-order chi connectivity index (χ1) is 6.22. The minimum absolute atomic E-state index is 0.247. The summed E-state index contributed by atoms with van der Waals surface area (Å²) in [6, 6.07) is 0.348. The molecule has 0 aromatic heterocycles. The lowest BCUT2D eigenvalue weighted by Gasteiger charge is -2.39. The number of nitrogens with two attached hydrogens (primary N) is 1. The fourth-order valence-corrected chi connectivity index (χ4v) is 2.88. The first kappa shape index (κ1) is 9.47. The van der Waals surface area contributed by atoms with Crippen molar-refractivity contribution < 1.29 is 4.74 Å². The Kier molecular flexibility index (Phi) is 2.61. The summed E-state index contributed by atoms with van der Waals surface area (Å²) in [5, 5.41) is 0. The second-order valence-corrected chi connectivity index (χ2v) is 4.85. The van der Waals surface area contributed by atoms with Crippen LogP contribution in [0.1, 0.15) is 45.4 Å². The maximum atomic E-state index is 5.96. The first-order valence-corrected chi connectivity index (χ1v) is 5.61. The van der Waals surface area contributed by atoms with Crippen molar-refractivity contribution in [2.75, 3.05) is 6.61 Å². The number of hydrogen-bond acceptors (Lipinski definition) is 2. The van der Waals surface area contributed by atoms with Crippen molar-refractivity contribution >= 4 is 0 Å². The van der Waals surface area contributed by atoms with E-state index >= 15 is 0 Å². The minimum Gasteiger partial charge on any atom is -0.375 e. The molecule has 1 aliphatic carbocycles. The Bertz CT molecular complexity index is 173. The fraction of sp³-hybridized carbons (Fsp3) is 1.00.